The van der Waals surface area contributed by atoms with Gasteiger partial charge in [-0.25, -0.2) is 4.68 Å². The molecule has 0 radical (unpaired) electrons. The minimum absolute atomic E-state index is 0.0127. The van der Waals surface area contributed by atoms with E-state index in [9.17, 15) is 9.59 Å². The van der Waals surface area contributed by atoms with Crippen molar-refractivity contribution >= 4 is 11.8 Å². The number of hydrogen-bond acceptors (Lipinski definition) is 3. The second-order valence-corrected chi connectivity index (χ2v) is 7.12. The summed E-state index contributed by atoms with van der Waals surface area (Å²) < 4.78 is 1.80. The first-order valence-corrected chi connectivity index (χ1v) is 9.20. The molecule has 0 bridgehead atoms. The van der Waals surface area contributed by atoms with Crippen LogP contribution in [0.4, 0.5) is 0 Å². The van der Waals surface area contributed by atoms with E-state index in [-0.39, 0.29) is 23.7 Å². The quantitative estimate of drug-likeness (QED) is 0.896. The summed E-state index contributed by atoms with van der Waals surface area (Å²) in [5.74, 6) is -0.0124. The van der Waals surface area contributed by atoms with E-state index in [1.807, 2.05) is 55.3 Å². The smallest absolute Gasteiger partial charge is 0.225 e. The number of piperidine rings is 1. The molecule has 1 aromatic heterocycles. The van der Waals surface area contributed by atoms with Crippen LogP contribution >= 0.6 is 0 Å². The third-order valence-electron chi connectivity index (χ3n) is 4.72. The van der Waals surface area contributed by atoms with Crippen molar-refractivity contribution in [2.24, 2.45) is 11.8 Å². The molecular formula is C20H26N4O2. The molecule has 1 aromatic carbocycles. The molecule has 1 N–H and O–H groups in total. The molecule has 1 fully saturated rings. The standard InChI is InChI=1S/C20H26N4O2/c1-15(2)20(26)23-10-6-7-17(14-23)19(25)21-11-16-12-22-24(13-16)18-8-4-3-5-9-18/h3-5,8-9,12-13,15,17H,6-7,10-11,14H2,1-2H3,(H,21,25). The van der Waals surface area contributed by atoms with E-state index in [1.165, 1.54) is 0 Å². The van der Waals surface area contributed by atoms with Crippen LogP contribution in [0.1, 0.15) is 32.3 Å². The van der Waals surface area contributed by atoms with Crippen molar-refractivity contribution in [1.82, 2.24) is 20.0 Å². The number of para-hydroxylation sites is 1. The number of nitrogens with one attached hydrogen (secondary N) is 1. The molecule has 2 amide bonds. The third-order valence-corrected chi connectivity index (χ3v) is 4.72. The molecule has 26 heavy (non-hydrogen) atoms. The lowest BCUT2D eigenvalue weighted by molar-refractivity contribution is -0.138. The maximum atomic E-state index is 12.5. The third kappa shape index (κ3) is 4.31. The van der Waals surface area contributed by atoms with Gasteiger partial charge in [0.2, 0.25) is 11.8 Å². The van der Waals surface area contributed by atoms with Crippen LogP contribution in [0.25, 0.3) is 5.69 Å². The van der Waals surface area contributed by atoms with Crippen LogP contribution in [0.3, 0.4) is 0 Å². The summed E-state index contributed by atoms with van der Waals surface area (Å²) in [5.41, 5.74) is 1.94. The van der Waals surface area contributed by atoms with Crippen LogP contribution in [-0.2, 0) is 16.1 Å². The maximum Gasteiger partial charge on any atom is 0.225 e. The second-order valence-electron chi connectivity index (χ2n) is 7.12. The lowest BCUT2D eigenvalue weighted by Crippen LogP contribution is -2.46. The second kappa shape index (κ2) is 8.17. The summed E-state index contributed by atoms with van der Waals surface area (Å²) in [6.45, 7) is 5.52. The predicted molar refractivity (Wildman–Crippen MR) is 99.6 cm³/mol. The average molecular weight is 354 g/mol. The zero-order chi connectivity index (χ0) is 18.5. The van der Waals surface area contributed by atoms with Crippen LogP contribution in [0, 0.1) is 11.8 Å². The molecule has 6 nitrogen and oxygen atoms in total. The van der Waals surface area contributed by atoms with Crippen molar-refractivity contribution in [3.63, 3.8) is 0 Å². The van der Waals surface area contributed by atoms with Gasteiger partial charge in [0.15, 0.2) is 0 Å². The van der Waals surface area contributed by atoms with Crippen molar-refractivity contribution in [2.75, 3.05) is 13.1 Å². The Bertz CT molecular complexity index is 754. The van der Waals surface area contributed by atoms with Crippen LogP contribution in [0.15, 0.2) is 42.7 Å². The van der Waals surface area contributed by atoms with Crippen molar-refractivity contribution in [2.45, 2.75) is 33.2 Å². The SMILES string of the molecule is CC(C)C(=O)N1CCCC(C(=O)NCc2cnn(-c3ccccc3)c2)C1. The fraction of sp³-hybridized carbons (Fsp3) is 0.450. The maximum absolute atomic E-state index is 12.5. The van der Waals surface area contributed by atoms with Crippen LogP contribution < -0.4 is 5.32 Å². The summed E-state index contributed by atoms with van der Waals surface area (Å²) in [6, 6.07) is 9.86. The van der Waals surface area contributed by atoms with Crippen molar-refractivity contribution in [1.29, 1.82) is 0 Å². The normalized spacial score (nSPS) is 17.3. The molecule has 138 valence electrons. The van der Waals surface area contributed by atoms with Crippen LogP contribution in [-0.4, -0.2) is 39.6 Å². The molecular weight excluding hydrogens is 328 g/mol. The number of aromatic nitrogens is 2. The first-order valence-electron chi connectivity index (χ1n) is 9.20. The summed E-state index contributed by atoms with van der Waals surface area (Å²) in [4.78, 5) is 26.5. The van der Waals surface area contributed by atoms with Gasteiger partial charge in [0.25, 0.3) is 0 Å². The van der Waals surface area contributed by atoms with Crippen molar-refractivity contribution in [3.8, 4) is 5.69 Å². The van der Waals surface area contributed by atoms with Gasteiger partial charge in [0.1, 0.15) is 0 Å². The lowest BCUT2D eigenvalue weighted by atomic mass is 9.96. The van der Waals surface area contributed by atoms with E-state index in [1.54, 1.807) is 10.9 Å². The van der Waals surface area contributed by atoms with Crippen LogP contribution in [0.2, 0.25) is 0 Å². The van der Waals surface area contributed by atoms with E-state index in [2.05, 4.69) is 10.4 Å². The molecule has 0 aliphatic carbocycles. The minimum atomic E-state index is -0.129. The first-order chi connectivity index (χ1) is 12.5. The molecule has 1 unspecified atom stereocenters. The molecule has 1 aliphatic rings. The number of benzene rings is 1. The molecule has 1 atom stereocenters. The number of rotatable bonds is 5. The fourth-order valence-corrected chi connectivity index (χ4v) is 3.26. The Balaban J connectivity index is 1.54. The number of likely N-dealkylation sites (tertiary alicyclic amines) is 1. The number of hydrogen-bond donors (Lipinski definition) is 1. The Hall–Kier alpha value is -2.63. The van der Waals surface area contributed by atoms with Gasteiger partial charge in [0.05, 0.1) is 17.8 Å². The van der Waals surface area contributed by atoms with E-state index in [0.29, 0.717) is 13.1 Å². The van der Waals surface area contributed by atoms with Gasteiger partial charge >= 0.3 is 0 Å². The average Bonchev–Trinajstić information content (AvgIpc) is 3.15. The van der Waals surface area contributed by atoms with Crippen molar-refractivity contribution in [3.05, 3.63) is 48.3 Å². The Kier molecular flexibility index (Phi) is 5.71. The molecule has 0 saturated carbocycles. The molecule has 0 spiro atoms. The Morgan fingerprint density at radius 3 is 2.77 bits per heavy atom. The highest BCUT2D eigenvalue weighted by Crippen LogP contribution is 2.19. The summed E-state index contributed by atoms with van der Waals surface area (Å²) >= 11 is 0. The Morgan fingerprint density at radius 2 is 2.04 bits per heavy atom. The summed E-state index contributed by atoms with van der Waals surface area (Å²) in [6.07, 6.45) is 5.40. The predicted octanol–water partition coefficient (Wildman–Crippen LogP) is 2.38. The van der Waals surface area contributed by atoms with Crippen molar-refractivity contribution < 1.29 is 9.59 Å². The molecule has 1 saturated heterocycles. The van der Waals surface area contributed by atoms with Gasteiger partial charge in [-0.3, -0.25) is 9.59 Å². The zero-order valence-corrected chi connectivity index (χ0v) is 15.4. The van der Waals surface area contributed by atoms with Gasteiger partial charge in [-0.1, -0.05) is 32.0 Å². The number of amides is 2. The zero-order valence-electron chi connectivity index (χ0n) is 15.4. The first kappa shape index (κ1) is 18.2. The Labute approximate surface area is 154 Å². The molecule has 2 aromatic rings. The number of nitrogens with zero attached hydrogens (tertiary/aromatic N) is 3. The van der Waals surface area contributed by atoms with Gasteiger partial charge in [-0.05, 0) is 25.0 Å². The summed E-state index contributed by atoms with van der Waals surface area (Å²) in [7, 11) is 0. The fourth-order valence-electron chi connectivity index (χ4n) is 3.26. The topological polar surface area (TPSA) is 67.2 Å². The van der Waals surface area contributed by atoms with E-state index in [4.69, 9.17) is 0 Å². The lowest BCUT2D eigenvalue weighted by Gasteiger charge is -2.33. The van der Waals surface area contributed by atoms with Gasteiger partial charge in [0, 0.05) is 37.3 Å². The highest BCUT2D eigenvalue weighted by Gasteiger charge is 2.29. The summed E-state index contributed by atoms with van der Waals surface area (Å²) in [5, 5.41) is 7.34. The molecule has 6 heteroatoms. The monoisotopic (exact) mass is 354 g/mol. The largest absolute Gasteiger partial charge is 0.352 e. The van der Waals surface area contributed by atoms with E-state index in [0.717, 1.165) is 30.6 Å². The highest BCUT2D eigenvalue weighted by molar-refractivity contribution is 5.82. The molecule has 1 aliphatic heterocycles. The molecule has 2 heterocycles. The van der Waals surface area contributed by atoms with E-state index >= 15 is 0 Å². The van der Waals surface area contributed by atoms with Gasteiger partial charge in [-0.2, -0.15) is 5.10 Å². The van der Waals surface area contributed by atoms with E-state index < -0.39 is 0 Å². The molecule has 3 rings (SSSR count). The number of carbonyl (C=O) groups is 2. The highest BCUT2D eigenvalue weighted by atomic mass is 16.2. The van der Waals surface area contributed by atoms with Gasteiger partial charge < -0.3 is 10.2 Å². The number of carbonyl (C=O) groups excluding carboxylic acids is 2. The minimum Gasteiger partial charge on any atom is -0.352 e. The van der Waals surface area contributed by atoms with Gasteiger partial charge in [-0.15, -0.1) is 0 Å². The Morgan fingerprint density at radius 1 is 1.27 bits per heavy atom. The van der Waals surface area contributed by atoms with Crippen LogP contribution in [0.5, 0.6) is 0 Å².